The molecule has 0 aromatic heterocycles. The van der Waals surface area contributed by atoms with Crippen molar-refractivity contribution in [2.24, 2.45) is 0 Å². The van der Waals surface area contributed by atoms with Crippen LogP contribution in [0.3, 0.4) is 0 Å². The van der Waals surface area contributed by atoms with E-state index in [0.717, 1.165) is 65.2 Å². The quantitative estimate of drug-likeness (QED) is 0.133. The number of carbonyl (C=O) groups excluding carboxylic acids is 2. The highest BCUT2D eigenvalue weighted by Gasteiger charge is 2.47. The average molecular weight is 788 g/mol. The fourth-order valence-electron chi connectivity index (χ4n) is 7.74. The van der Waals surface area contributed by atoms with Crippen molar-refractivity contribution in [3.63, 3.8) is 0 Å². The number of piperazine rings is 1. The molecule has 57 heavy (non-hydrogen) atoms. The summed E-state index contributed by atoms with van der Waals surface area (Å²) in [6, 6.07) is 28.5. The molecular formula is C42H44F3N5O7. The molecule has 4 unspecified atom stereocenters. The Kier molecular flexibility index (Phi) is 12.2. The Bertz CT molecular complexity index is 2020. The molecule has 4 aromatic rings. The number of rotatable bonds is 11. The number of ether oxygens (including phenoxy) is 2. The maximum absolute atomic E-state index is 13.1. The lowest BCUT2D eigenvalue weighted by atomic mass is 9.98. The van der Waals surface area contributed by atoms with Gasteiger partial charge < -0.3 is 29.7 Å². The van der Waals surface area contributed by atoms with E-state index < -0.39 is 35.2 Å². The van der Waals surface area contributed by atoms with Gasteiger partial charge in [0.25, 0.3) is 5.69 Å². The summed E-state index contributed by atoms with van der Waals surface area (Å²) in [7, 11) is 0. The molecule has 4 atom stereocenters. The molecule has 0 bridgehead atoms. The van der Waals surface area contributed by atoms with Crippen molar-refractivity contribution in [1.82, 2.24) is 15.1 Å². The fourth-order valence-corrected chi connectivity index (χ4v) is 7.74. The number of anilines is 1. The van der Waals surface area contributed by atoms with Gasteiger partial charge in [-0.05, 0) is 58.9 Å². The van der Waals surface area contributed by atoms with E-state index in [9.17, 15) is 38.0 Å². The molecule has 7 rings (SSSR count). The molecule has 3 heterocycles. The third kappa shape index (κ3) is 9.62. The first kappa shape index (κ1) is 39.9. The molecule has 3 aliphatic heterocycles. The van der Waals surface area contributed by atoms with Gasteiger partial charge >= 0.3 is 12.1 Å². The summed E-state index contributed by atoms with van der Waals surface area (Å²) in [5.74, 6) is -2.60. The summed E-state index contributed by atoms with van der Waals surface area (Å²) in [6.45, 7) is 3.76. The number of aliphatic hydroxyl groups excluding tert-OH is 1. The molecule has 2 N–H and O–H groups in total. The molecule has 3 fully saturated rings. The number of carbonyl (C=O) groups is 2. The highest BCUT2D eigenvalue weighted by Crippen LogP contribution is 2.39. The SMILES string of the molecule is O=C(NCc1cccc(-c2ccc(C3OC(CN4CCN(c5ccc([N+](=O)[O-])cc5)CC4)CC(c4ccc(CO)cc4)O3)cc2)c1)C1CCCN1C(=O)C(F)(F)F. The molecule has 0 spiro atoms. The number of nitrogens with one attached hydrogen (secondary N) is 1. The van der Waals surface area contributed by atoms with Crippen LogP contribution >= 0.6 is 0 Å². The third-order valence-electron chi connectivity index (χ3n) is 10.8. The van der Waals surface area contributed by atoms with Crippen molar-refractivity contribution in [3.05, 3.63) is 129 Å². The molecular weight excluding hydrogens is 743 g/mol. The molecule has 0 aliphatic carbocycles. The molecule has 15 heteroatoms. The van der Waals surface area contributed by atoms with Gasteiger partial charge in [0.05, 0.1) is 23.7 Å². The standard InChI is InChI=1S/C42H44F3N5O7/c43-42(44,45)41(53)49-18-2-5-37(49)39(52)46-25-29-3-1-4-33(23-29)30-10-12-32(13-11-30)40-56-36(24-38(57-40)31-8-6-28(27-51)7-9-31)26-47-19-21-48(22-20-47)34-14-16-35(17-15-34)50(54)55/h1,3-4,6-17,23,36-38,40,51H,2,5,18-22,24-27H2,(H,46,52). The summed E-state index contributed by atoms with van der Waals surface area (Å²) in [5, 5.41) is 23.4. The van der Waals surface area contributed by atoms with Gasteiger partial charge in [-0.25, -0.2) is 0 Å². The maximum Gasteiger partial charge on any atom is 0.471 e. The van der Waals surface area contributed by atoms with Crippen LogP contribution in [0.25, 0.3) is 11.1 Å². The number of amides is 2. The first-order chi connectivity index (χ1) is 27.4. The van der Waals surface area contributed by atoms with Crippen LogP contribution in [0, 0.1) is 10.1 Å². The minimum absolute atomic E-state index is 0.0529. The van der Waals surface area contributed by atoms with Crippen LogP contribution in [0.5, 0.6) is 0 Å². The van der Waals surface area contributed by atoms with Gasteiger partial charge in [0.1, 0.15) is 6.04 Å². The molecule has 3 saturated heterocycles. The summed E-state index contributed by atoms with van der Waals surface area (Å²) in [5.41, 5.74) is 6.18. The molecule has 12 nitrogen and oxygen atoms in total. The highest BCUT2D eigenvalue weighted by atomic mass is 19.4. The van der Waals surface area contributed by atoms with E-state index in [2.05, 4.69) is 15.1 Å². The van der Waals surface area contributed by atoms with Crippen molar-refractivity contribution in [2.75, 3.05) is 44.2 Å². The lowest BCUT2D eigenvalue weighted by Crippen LogP contribution is -2.50. The minimum Gasteiger partial charge on any atom is -0.392 e. The van der Waals surface area contributed by atoms with E-state index in [1.165, 1.54) is 12.1 Å². The van der Waals surface area contributed by atoms with E-state index >= 15 is 0 Å². The number of halogens is 3. The second-order valence-corrected chi connectivity index (χ2v) is 14.6. The number of alkyl halides is 3. The summed E-state index contributed by atoms with van der Waals surface area (Å²) in [6.07, 6.45) is -4.94. The maximum atomic E-state index is 13.1. The second-order valence-electron chi connectivity index (χ2n) is 14.6. The van der Waals surface area contributed by atoms with E-state index in [4.69, 9.17) is 9.47 Å². The zero-order valence-electron chi connectivity index (χ0n) is 31.1. The normalized spacial score (nSPS) is 21.7. The number of non-ortho nitro benzene ring substituents is 1. The van der Waals surface area contributed by atoms with Crippen LogP contribution < -0.4 is 10.2 Å². The number of aliphatic hydroxyl groups is 1. The van der Waals surface area contributed by atoms with Crippen molar-refractivity contribution in [1.29, 1.82) is 0 Å². The topological polar surface area (TPSA) is 138 Å². The summed E-state index contributed by atoms with van der Waals surface area (Å²) in [4.78, 5) is 40.6. The van der Waals surface area contributed by atoms with Crippen LogP contribution in [0.1, 0.15) is 53.9 Å². The van der Waals surface area contributed by atoms with Crippen LogP contribution in [0.4, 0.5) is 24.5 Å². The predicted molar refractivity (Wildman–Crippen MR) is 205 cm³/mol. The number of hydrogen-bond donors (Lipinski definition) is 2. The first-order valence-electron chi connectivity index (χ1n) is 19.0. The zero-order chi connectivity index (χ0) is 40.1. The number of nitro groups is 1. The smallest absolute Gasteiger partial charge is 0.392 e. The number of benzene rings is 4. The third-order valence-corrected chi connectivity index (χ3v) is 10.8. The second kappa shape index (κ2) is 17.4. The van der Waals surface area contributed by atoms with Gasteiger partial charge in [-0.2, -0.15) is 13.2 Å². The highest BCUT2D eigenvalue weighted by molar-refractivity contribution is 5.90. The van der Waals surface area contributed by atoms with Gasteiger partial charge in [0.2, 0.25) is 5.91 Å². The van der Waals surface area contributed by atoms with Gasteiger partial charge in [-0.1, -0.05) is 66.7 Å². The van der Waals surface area contributed by atoms with Gasteiger partial charge in [-0.15, -0.1) is 0 Å². The average Bonchev–Trinajstić information content (AvgIpc) is 3.73. The minimum atomic E-state index is -5.03. The van der Waals surface area contributed by atoms with E-state index in [0.29, 0.717) is 24.3 Å². The van der Waals surface area contributed by atoms with Crippen LogP contribution in [-0.2, 0) is 32.2 Å². The Labute approximate surface area is 327 Å². The van der Waals surface area contributed by atoms with Crippen molar-refractivity contribution >= 4 is 23.2 Å². The van der Waals surface area contributed by atoms with Crippen LogP contribution in [0.15, 0.2) is 97.1 Å². The van der Waals surface area contributed by atoms with Crippen molar-refractivity contribution in [2.45, 2.75) is 63.1 Å². The van der Waals surface area contributed by atoms with Crippen molar-refractivity contribution < 1.29 is 42.3 Å². The monoisotopic (exact) mass is 787 g/mol. The summed E-state index contributed by atoms with van der Waals surface area (Å²) >= 11 is 0. The van der Waals surface area contributed by atoms with Gasteiger partial charge in [0, 0.05) is 75.6 Å². The Morgan fingerprint density at radius 2 is 1.54 bits per heavy atom. The number of nitrogens with zero attached hydrogens (tertiary/aromatic N) is 4. The molecule has 0 saturated carbocycles. The number of likely N-dealkylation sites (tertiary alicyclic amines) is 1. The number of hydrogen-bond acceptors (Lipinski definition) is 9. The summed E-state index contributed by atoms with van der Waals surface area (Å²) < 4.78 is 52.4. The Morgan fingerprint density at radius 1 is 0.842 bits per heavy atom. The lowest BCUT2D eigenvalue weighted by molar-refractivity contribution is -0.384. The van der Waals surface area contributed by atoms with Crippen molar-refractivity contribution in [3.8, 4) is 11.1 Å². The van der Waals surface area contributed by atoms with E-state index in [-0.39, 0.29) is 44.0 Å². The predicted octanol–water partition coefficient (Wildman–Crippen LogP) is 6.29. The zero-order valence-corrected chi connectivity index (χ0v) is 31.1. The van der Waals surface area contributed by atoms with E-state index in [1.807, 2.05) is 72.8 Å². The lowest BCUT2D eigenvalue weighted by Gasteiger charge is -2.41. The van der Waals surface area contributed by atoms with Gasteiger partial charge in [-0.3, -0.25) is 24.6 Å². The Balaban J connectivity index is 0.998. The molecule has 0 radical (unpaired) electrons. The van der Waals surface area contributed by atoms with Crippen LogP contribution in [-0.4, -0.2) is 89.2 Å². The first-order valence-corrected chi connectivity index (χ1v) is 19.0. The molecule has 300 valence electrons. The molecule has 3 aliphatic rings. The van der Waals surface area contributed by atoms with Crippen LogP contribution in [0.2, 0.25) is 0 Å². The largest absolute Gasteiger partial charge is 0.471 e. The Hall–Kier alpha value is -5.35. The Morgan fingerprint density at radius 3 is 2.21 bits per heavy atom. The van der Waals surface area contributed by atoms with E-state index in [1.54, 1.807) is 12.1 Å². The van der Waals surface area contributed by atoms with Gasteiger partial charge in [0.15, 0.2) is 6.29 Å². The fraction of sp³-hybridized carbons (Fsp3) is 0.381. The number of nitro benzene ring substituents is 1. The molecule has 4 aromatic carbocycles. The molecule has 2 amide bonds.